The molecule has 0 saturated carbocycles. The van der Waals surface area contributed by atoms with E-state index in [1.807, 2.05) is 0 Å². The minimum Gasteiger partial charge on any atom is -0.326 e. The molecular weight excluding hydrogens is 184 g/mol. The van der Waals surface area contributed by atoms with Crippen molar-refractivity contribution in [2.24, 2.45) is 5.73 Å². The minimum absolute atomic E-state index is 0. The summed E-state index contributed by atoms with van der Waals surface area (Å²) in [5, 5.41) is 0. The average molecular weight is 194 g/mol. The average Bonchev–Trinajstić information content (AvgIpc) is 1.97. The fourth-order valence-corrected chi connectivity index (χ4v) is 0.844. The van der Waals surface area contributed by atoms with E-state index in [2.05, 4.69) is 0 Å². The molecule has 0 amide bonds. The van der Waals surface area contributed by atoms with Crippen LogP contribution in [0.15, 0.2) is 12.1 Å². The summed E-state index contributed by atoms with van der Waals surface area (Å²) >= 11 is 0. The van der Waals surface area contributed by atoms with E-state index in [0.29, 0.717) is 5.56 Å². The van der Waals surface area contributed by atoms with Crippen molar-refractivity contribution in [3.8, 4) is 0 Å². The van der Waals surface area contributed by atoms with Crippen molar-refractivity contribution < 1.29 is 8.78 Å². The number of halogens is 3. The van der Waals surface area contributed by atoms with E-state index >= 15 is 0 Å². The molecule has 0 aliphatic heterocycles. The topological polar surface area (TPSA) is 26.0 Å². The van der Waals surface area contributed by atoms with Crippen LogP contribution in [-0.4, -0.2) is 0 Å². The summed E-state index contributed by atoms with van der Waals surface area (Å²) in [4.78, 5) is 0. The second-order valence-corrected chi connectivity index (χ2v) is 2.40. The van der Waals surface area contributed by atoms with Crippen molar-refractivity contribution in [2.45, 2.75) is 13.5 Å². The zero-order valence-corrected chi connectivity index (χ0v) is 7.42. The monoisotopic (exact) mass is 193 g/mol. The molecule has 0 bridgehead atoms. The van der Waals surface area contributed by atoms with Gasteiger partial charge in [0.15, 0.2) is 0 Å². The lowest BCUT2D eigenvalue weighted by Crippen LogP contribution is -2.01. The third-order valence-corrected chi connectivity index (χ3v) is 1.55. The first-order valence-electron chi connectivity index (χ1n) is 3.29. The Kier molecular flexibility index (Phi) is 4.13. The van der Waals surface area contributed by atoms with Crippen LogP contribution in [0.5, 0.6) is 0 Å². The Morgan fingerprint density at radius 2 is 1.83 bits per heavy atom. The van der Waals surface area contributed by atoms with Gasteiger partial charge in [0.1, 0.15) is 11.6 Å². The first kappa shape index (κ1) is 11.3. The lowest BCUT2D eigenvalue weighted by Gasteiger charge is -2.01. The van der Waals surface area contributed by atoms with Crippen LogP contribution in [0.1, 0.15) is 11.1 Å². The summed E-state index contributed by atoms with van der Waals surface area (Å²) in [5.74, 6) is -0.849. The van der Waals surface area contributed by atoms with Gasteiger partial charge in [-0.3, -0.25) is 0 Å². The first-order valence-corrected chi connectivity index (χ1v) is 3.29. The number of hydrogen-bond donors (Lipinski definition) is 1. The van der Waals surface area contributed by atoms with Crippen molar-refractivity contribution in [3.63, 3.8) is 0 Å². The lowest BCUT2D eigenvalue weighted by molar-refractivity contribution is 0.579. The van der Waals surface area contributed by atoms with Crippen LogP contribution in [0.2, 0.25) is 0 Å². The second-order valence-electron chi connectivity index (χ2n) is 2.40. The molecule has 4 heteroatoms. The highest BCUT2D eigenvalue weighted by Crippen LogP contribution is 2.12. The van der Waals surface area contributed by atoms with Gasteiger partial charge in [-0.2, -0.15) is 0 Å². The molecule has 12 heavy (non-hydrogen) atoms. The van der Waals surface area contributed by atoms with E-state index < -0.39 is 11.6 Å². The van der Waals surface area contributed by atoms with Gasteiger partial charge in [0.05, 0.1) is 0 Å². The molecule has 2 N–H and O–H groups in total. The van der Waals surface area contributed by atoms with Crippen LogP contribution in [0.4, 0.5) is 8.78 Å². The maximum Gasteiger partial charge on any atom is 0.128 e. The summed E-state index contributed by atoms with van der Waals surface area (Å²) in [5.41, 5.74) is 5.68. The van der Waals surface area contributed by atoms with Crippen LogP contribution >= 0.6 is 12.4 Å². The van der Waals surface area contributed by atoms with Crippen molar-refractivity contribution in [2.75, 3.05) is 0 Å². The lowest BCUT2D eigenvalue weighted by atomic mass is 10.1. The fourth-order valence-electron chi connectivity index (χ4n) is 0.844. The van der Waals surface area contributed by atoms with Gasteiger partial charge in [0.25, 0.3) is 0 Å². The Morgan fingerprint density at radius 3 is 2.33 bits per heavy atom. The van der Waals surface area contributed by atoms with Crippen molar-refractivity contribution in [1.29, 1.82) is 0 Å². The molecule has 0 spiro atoms. The summed E-state index contributed by atoms with van der Waals surface area (Å²) in [6.07, 6.45) is 0. The van der Waals surface area contributed by atoms with Crippen LogP contribution in [0.3, 0.4) is 0 Å². The van der Waals surface area contributed by atoms with Gasteiger partial charge in [0, 0.05) is 12.1 Å². The summed E-state index contributed by atoms with van der Waals surface area (Å²) < 4.78 is 25.5. The van der Waals surface area contributed by atoms with E-state index in [4.69, 9.17) is 5.73 Å². The molecule has 0 unspecified atom stereocenters. The largest absolute Gasteiger partial charge is 0.326 e. The van der Waals surface area contributed by atoms with E-state index in [-0.39, 0.29) is 24.5 Å². The number of aryl methyl sites for hydroxylation is 1. The Bertz CT molecular complexity index is 276. The highest BCUT2D eigenvalue weighted by Gasteiger charge is 2.04. The molecule has 0 radical (unpaired) electrons. The SMILES string of the molecule is Cc1cc(F)c(CN)cc1F.Cl. The molecule has 1 aromatic carbocycles. The number of rotatable bonds is 1. The van der Waals surface area contributed by atoms with Crippen molar-refractivity contribution in [3.05, 3.63) is 34.9 Å². The van der Waals surface area contributed by atoms with E-state index in [1.165, 1.54) is 6.92 Å². The van der Waals surface area contributed by atoms with Crippen LogP contribution in [-0.2, 0) is 6.54 Å². The predicted octanol–water partition coefficient (Wildman–Crippen LogP) is 2.15. The number of hydrogen-bond acceptors (Lipinski definition) is 1. The highest BCUT2D eigenvalue weighted by molar-refractivity contribution is 5.85. The minimum atomic E-state index is -0.439. The van der Waals surface area contributed by atoms with Gasteiger partial charge in [-0.15, -0.1) is 12.4 Å². The highest BCUT2D eigenvalue weighted by atomic mass is 35.5. The van der Waals surface area contributed by atoms with Crippen molar-refractivity contribution in [1.82, 2.24) is 0 Å². The molecule has 68 valence electrons. The normalized spacial score (nSPS) is 9.33. The van der Waals surface area contributed by atoms with Crippen molar-refractivity contribution >= 4 is 12.4 Å². The predicted molar refractivity (Wildman–Crippen MR) is 46.2 cm³/mol. The molecule has 1 aromatic rings. The van der Waals surface area contributed by atoms with Crippen LogP contribution < -0.4 is 5.73 Å². The molecule has 1 nitrogen and oxygen atoms in total. The standard InChI is InChI=1S/C8H9F2N.ClH/c1-5-2-8(10)6(4-11)3-7(5)9;/h2-3H,4,11H2,1H3;1H. The zero-order chi connectivity index (χ0) is 8.43. The van der Waals surface area contributed by atoms with Gasteiger partial charge >= 0.3 is 0 Å². The Hall–Kier alpha value is -0.670. The van der Waals surface area contributed by atoms with E-state index in [1.54, 1.807) is 0 Å². The van der Waals surface area contributed by atoms with Gasteiger partial charge in [0.2, 0.25) is 0 Å². The number of benzene rings is 1. The molecule has 0 aromatic heterocycles. The molecule has 0 aliphatic carbocycles. The van der Waals surface area contributed by atoms with Crippen LogP contribution in [0, 0.1) is 18.6 Å². The van der Waals surface area contributed by atoms with Crippen LogP contribution in [0.25, 0.3) is 0 Å². The maximum absolute atomic E-state index is 12.8. The summed E-state index contributed by atoms with van der Waals surface area (Å²) in [7, 11) is 0. The number of nitrogens with two attached hydrogens (primary N) is 1. The van der Waals surface area contributed by atoms with E-state index in [0.717, 1.165) is 12.1 Å². The quantitative estimate of drug-likeness (QED) is 0.727. The molecule has 1 rings (SSSR count). The Labute approximate surface area is 76.0 Å². The van der Waals surface area contributed by atoms with E-state index in [9.17, 15) is 8.78 Å². The molecule has 0 atom stereocenters. The summed E-state index contributed by atoms with van der Waals surface area (Å²) in [6.45, 7) is 1.54. The Balaban J connectivity index is 0.00000121. The molecular formula is C8H10ClF2N. The zero-order valence-electron chi connectivity index (χ0n) is 6.60. The summed E-state index contributed by atoms with van der Waals surface area (Å²) in [6, 6.07) is 2.28. The first-order chi connectivity index (χ1) is 5.15. The molecule has 0 aliphatic rings. The molecule has 0 heterocycles. The Morgan fingerprint density at radius 1 is 1.25 bits per heavy atom. The maximum atomic E-state index is 12.8. The van der Waals surface area contributed by atoms with Gasteiger partial charge in [-0.1, -0.05) is 0 Å². The van der Waals surface area contributed by atoms with Gasteiger partial charge in [-0.05, 0) is 24.6 Å². The third-order valence-electron chi connectivity index (χ3n) is 1.55. The molecule has 0 saturated heterocycles. The second kappa shape index (κ2) is 4.38. The third kappa shape index (κ3) is 2.16. The van der Waals surface area contributed by atoms with Gasteiger partial charge < -0.3 is 5.73 Å². The molecule has 0 fully saturated rings. The van der Waals surface area contributed by atoms with Gasteiger partial charge in [-0.25, -0.2) is 8.78 Å². The smallest absolute Gasteiger partial charge is 0.128 e. The fraction of sp³-hybridized carbons (Fsp3) is 0.250.